The highest BCUT2D eigenvalue weighted by atomic mass is 35.5. The second-order valence-corrected chi connectivity index (χ2v) is 3.96. The van der Waals surface area contributed by atoms with E-state index >= 15 is 0 Å². The van der Waals surface area contributed by atoms with E-state index < -0.39 is 5.91 Å². The Kier molecular flexibility index (Phi) is 3.43. The van der Waals surface area contributed by atoms with Crippen molar-refractivity contribution in [1.29, 1.82) is 0 Å². The molecule has 2 aromatic rings. The van der Waals surface area contributed by atoms with Crippen LogP contribution in [0.5, 0.6) is 0 Å². The molecule has 0 unspecified atom stereocenters. The lowest BCUT2D eigenvalue weighted by atomic mass is 10.2. The molecule has 6 heteroatoms. The van der Waals surface area contributed by atoms with Gasteiger partial charge in [-0.15, -0.1) is 0 Å². The maximum atomic E-state index is 12.7. The first-order valence-corrected chi connectivity index (χ1v) is 5.42. The quantitative estimate of drug-likeness (QED) is 0.877. The number of amides is 1. The van der Waals surface area contributed by atoms with Crippen molar-refractivity contribution in [2.24, 2.45) is 0 Å². The van der Waals surface area contributed by atoms with Crippen LogP contribution in [0, 0.1) is 5.82 Å². The first-order valence-electron chi connectivity index (χ1n) is 5.04. The minimum absolute atomic E-state index is 0.162. The highest BCUT2D eigenvalue weighted by molar-refractivity contribution is 6.33. The molecule has 0 saturated carbocycles. The zero-order valence-electron chi connectivity index (χ0n) is 9.15. The summed E-state index contributed by atoms with van der Waals surface area (Å²) in [5, 5.41) is 2.80. The van der Waals surface area contributed by atoms with Crippen LogP contribution in [0.4, 0.5) is 15.9 Å². The molecule has 0 aliphatic heterocycles. The molecule has 0 saturated heterocycles. The van der Waals surface area contributed by atoms with E-state index in [9.17, 15) is 9.18 Å². The molecule has 92 valence electrons. The normalized spacial score (nSPS) is 10.1. The zero-order valence-corrected chi connectivity index (χ0v) is 9.91. The third kappa shape index (κ3) is 2.75. The molecule has 1 aromatic heterocycles. The third-order valence-corrected chi connectivity index (χ3v) is 2.54. The standard InChI is InChI=1S/C12H9ClFN3O/c13-10-5-7(6-16-11(10)15)12(18)17-9-3-1-8(14)2-4-9/h1-6H,(H2,15,16)(H,17,18). The molecule has 18 heavy (non-hydrogen) atoms. The summed E-state index contributed by atoms with van der Waals surface area (Å²) in [6.07, 6.45) is 1.32. The van der Waals surface area contributed by atoms with Crippen molar-refractivity contribution in [1.82, 2.24) is 4.98 Å². The van der Waals surface area contributed by atoms with E-state index in [2.05, 4.69) is 10.3 Å². The van der Waals surface area contributed by atoms with Crippen LogP contribution in [0.1, 0.15) is 10.4 Å². The van der Waals surface area contributed by atoms with Crippen molar-refractivity contribution >= 4 is 29.0 Å². The number of aromatic nitrogens is 1. The second-order valence-electron chi connectivity index (χ2n) is 3.55. The molecule has 4 nitrogen and oxygen atoms in total. The second kappa shape index (κ2) is 5.01. The molecule has 0 bridgehead atoms. The fraction of sp³-hybridized carbons (Fsp3) is 0. The molecule has 0 atom stereocenters. The van der Waals surface area contributed by atoms with Crippen molar-refractivity contribution in [3.63, 3.8) is 0 Å². The number of nitrogens with two attached hydrogens (primary N) is 1. The summed E-state index contributed by atoms with van der Waals surface area (Å²) in [6.45, 7) is 0. The van der Waals surface area contributed by atoms with E-state index in [1.165, 1.54) is 36.5 Å². The maximum absolute atomic E-state index is 12.7. The van der Waals surface area contributed by atoms with Gasteiger partial charge in [-0.3, -0.25) is 4.79 Å². The lowest BCUT2D eigenvalue weighted by Gasteiger charge is -2.05. The fourth-order valence-corrected chi connectivity index (χ4v) is 1.48. The van der Waals surface area contributed by atoms with Gasteiger partial charge in [0.2, 0.25) is 0 Å². The largest absolute Gasteiger partial charge is 0.382 e. The molecule has 1 heterocycles. The van der Waals surface area contributed by atoms with Gasteiger partial charge >= 0.3 is 0 Å². The van der Waals surface area contributed by atoms with Gasteiger partial charge in [0.25, 0.3) is 5.91 Å². The summed E-state index contributed by atoms with van der Waals surface area (Å²) in [7, 11) is 0. The van der Waals surface area contributed by atoms with Gasteiger partial charge in [-0.05, 0) is 30.3 Å². The number of benzene rings is 1. The van der Waals surface area contributed by atoms with Gasteiger partial charge in [0.05, 0.1) is 10.6 Å². The third-order valence-electron chi connectivity index (χ3n) is 2.23. The molecule has 0 fully saturated rings. The number of nitrogen functional groups attached to an aromatic ring is 1. The van der Waals surface area contributed by atoms with Crippen LogP contribution >= 0.6 is 11.6 Å². The molecule has 1 aromatic carbocycles. The Morgan fingerprint density at radius 2 is 2.00 bits per heavy atom. The molecule has 0 aliphatic carbocycles. The van der Waals surface area contributed by atoms with Crippen LogP contribution in [-0.2, 0) is 0 Å². The SMILES string of the molecule is Nc1ncc(C(=O)Nc2ccc(F)cc2)cc1Cl. The van der Waals surface area contributed by atoms with E-state index in [1.807, 2.05) is 0 Å². The van der Waals surface area contributed by atoms with Gasteiger partial charge in [0.15, 0.2) is 0 Å². The van der Waals surface area contributed by atoms with Crippen LogP contribution in [0.3, 0.4) is 0 Å². The highest BCUT2D eigenvalue weighted by Gasteiger charge is 2.09. The zero-order chi connectivity index (χ0) is 13.1. The minimum atomic E-state index is -0.393. The Morgan fingerprint density at radius 1 is 1.33 bits per heavy atom. The Morgan fingerprint density at radius 3 is 2.61 bits per heavy atom. The Bertz CT molecular complexity index is 586. The van der Waals surface area contributed by atoms with E-state index in [4.69, 9.17) is 17.3 Å². The number of pyridine rings is 1. The number of rotatable bonds is 2. The van der Waals surface area contributed by atoms with Crippen LogP contribution < -0.4 is 11.1 Å². The summed E-state index contributed by atoms with van der Waals surface area (Å²) in [5.41, 5.74) is 6.20. The van der Waals surface area contributed by atoms with E-state index in [0.29, 0.717) is 5.69 Å². The number of hydrogen-bond donors (Lipinski definition) is 2. The first kappa shape index (κ1) is 12.3. The molecule has 1 amide bonds. The van der Waals surface area contributed by atoms with Crippen molar-refractivity contribution in [2.45, 2.75) is 0 Å². The Labute approximate surface area is 108 Å². The highest BCUT2D eigenvalue weighted by Crippen LogP contribution is 2.18. The van der Waals surface area contributed by atoms with Crippen molar-refractivity contribution < 1.29 is 9.18 Å². The first-order chi connectivity index (χ1) is 8.56. The molecule has 0 spiro atoms. The molecular weight excluding hydrogens is 257 g/mol. The van der Waals surface area contributed by atoms with Crippen molar-refractivity contribution in [3.8, 4) is 0 Å². The van der Waals surface area contributed by atoms with Crippen molar-refractivity contribution in [2.75, 3.05) is 11.1 Å². The summed E-state index contributed by atoms with van der Waals surface area (Å²) < 4.78 is 12.7. The minimum Gasteiger partial charge on any atom is -0.382 e. The molecule has 2 rings (SSSR count). The topological polar surface area (TPSA) is 68.0 Å². The number of carbonyl (C=O) groups is 1. The number of nitrogens with one attached hydrogen (secondary N) is 1. The molecule has 3 N–H and O–H groups in total. The van der Waals surface area contributed by atoms with Gasteiger partial charge in [-0.2, -0.15) is 0 Å². The van der Waals surface area contributed by atoms with Gasteiger partial charge in [0, 0.05) is 11.9 Å². The fourth-order valence-electron chi connectivity index (χ4n) is 1.31. The van der Waals surface area contributed by atoms with Crippen LogP contribution in [0.2, 0.25) is 5.02 Å². The number of anilines is 2. The van der Waals surface area contributed by atoms with E-state index in [0.717, 1.165) is 0 Å². The lowest BCUT2D eigenvalue weighted by Crippen LogP contribution is -2.12. The predicted molar refractivity (Wildman–Crippen MR) is 68.0 cm³/mol. The van der Waals surface area contributed by atoms with Crippen LogP contribution in [0.25, 0.3) is 0 Å². The molecule has 0 aliphatic rings. The summed E-state index contributed by atoms with van der Waals surface area (Å²) in [6, 6.07) is 6.84. The average Bonchev–Trinajstić information content (AvgIpc) is 2.35. The number of carbonyl (C=O) groups excluding carboxylic acids is 1. The molecular formula is C12H9ClFN3O. The van der Waals surface area contributed by atoms with E-state index in [-0.39, 0.29) is 22.2 Å². The Balaban J connectivity index is 2.16. The van der Waals surface area contributed by atoms with Gasteiger partial charge in [0.1, 0.15) is 11.6 Å². The monoisotopic (exact) mass is 265 g/mol. The number of nitrogens with zero attached hydrogens (tertiary/aromatic N) is 1. The number of halogens is 2. The van der Waals surface area contributed by atoms with Crippen LogP contribution in [-0.4, -0.2) is 10.9 Å². The van der Waals surface area contributed by atoms with Gasteiger partial charge in [-0.1, -0.05) is 11.6 Å². The summed E-state index contributed by atoms with van der Waals surface area (Å²) in [4.78, 5) is 15.6. The summed E-state index contributed by atoms with van der Waals surface area (Å²) >= 11 is 5.76. The van der Waals surface area contributed by atoms with Gasteiger partial charge in [-0.25, -0.2) is 9.37 Å². The lowest BCUT2D eigenvalue weighted by molar-refractivity contribution is 0.102. The van der Waals surface area contributed by atoms with Crippen molar-refractivity contribution in [3.05, 3.63) is 52.9 Å². The van der Waals surface area contributed by atoms with Crippen LogP contribution in [0.15, 0.2) is 36.5 Å². The van der Waals surface area contributed by atoms with Gasteiger partial charge < -0.3 is 11.1 Å². The van der Waals surface area contributed by atoms with E-state index in [1.54, 1.807) is 0 Å². The number of hydrogen-bond acceptors (Lipinski definition) is 3. The maximum Gasteiger partial charge on any atom is 0.257 e. The average molecular weight is 266 g/mol. The predicted octanol–water partition coefficient (Wildman–Crippen LogP) is 2.71. The Hall–Kier alpha value is -2.14. The summed E-state index contributed by atoms with van der Waals surface area (Å²) in [5.74, 6) is -0.601. The smallest absolute Gasteiger partial charge is 0.257 e. The molecule has 0 radical (unpaired) electrons.